The lowest BCUT2D eigenvalue weighted by Crippen LogP contribution is -2.52. The molecule has 2 rings (SSSR count). The monoisotopic (exact) mass is 354 g/mol. The van der Waals surface area contributed by atoms with E-state index in [9.17, 15) is 9.90 Å². The average molecular weight is 355 g/mol. The molecule has 1 aliphatic carbocycles. The molecule has 1 saturated carbocycles. The maximum Gasteiger partial charge on any atom is 0.410 e. The standard InChI is InChI=1S/C20H38N2O3/c1-16(14-23)21-15-20(17-8-6-5-7-9-17)10-12-22(13-11-20)18(24)25-19(2,3)4/h16-17,21,23H,5-15H2,1-4H3. The minimum atomic E-state index is -0.437. The number of aliphatic hydroxyl groups is 1. The first-order valence-corrected chi connectivity index (χ1v) is 10.1. The van der Waals surface area contributed by atoms with Gasteiger partial charge in [0, 0.05) is 25.7 Å². The molecule has 2 N–H and O–H groups in total. The highest BCUT2D eigenvalue weighted by Gasteiger charge is 2.42. The number of carbonyl (C=O) groups excluding carboxylic acids is 1. The molecule has 0 aromatic carbocycles. The van der Waals surface area contributed by atoms with Gasteiger partial charge in [-0.05, 0) is 64.7 Å². The lowest BCUT2D eigenvalue weighted by Gasteiger charge is -2.48. The Morgan fingerprint density at radius 3 is 2.36 bits per heavy atom. The molecule has 1 amide bonds. The molecule has 2 aliphatic rings. The highest BCUT2D eigenvalue weighted by molar-refractivity contribution is 5.68. The Morgan fingerprint density at radius 2 is 1.84 bits per heavy atom. The molecule has 0 bridgehead atoms. The van der Waals surface area contributed by atoms with Crippen LogP contribution >= 0.6 is 0 Å². The quantitative estimate of drug-likeness (QED) is 0.792. The van der Waals surface area contributed by atoms with Crippen LogP contribution in [0.1, 0.15) is 72.6 Å². The zero-order chi connectivity index (χ0) is 18.5. The molecule has 5 heteroatoms. The van der Waals surface area contributed by atoms with Crippen LogP contribution in [0.15, 0.2) is 0 Å². The third-order valence-electron chi connectivity index (χ3n) is 5.96. The van der Waals surface area contributed by atoms with E-state index in [1.165, 1.54) is 32.1 Å². The van der Waals surface area contributed by atoms with Gasteiger partial charge in [-0.2, -0.15) is 0 Å². The molecule has 1 saturated heterocycles. The van der Waals surface area contributed by atoms with Gasteiger partial charge in [-0.3, -0.25) is 0 Å². The Balaban J connectivity index is 1.99. The number of nitrogens with one attached hydrogen (secondary N) is 1. The fourth-order valence-electron chi connectivity index (χ4n) is 4.35. The number of hydrogen-bond donors (Lipinski definition) is 2. The number of ether oxygens (including phenoxy) is 1. The second-order valence-electron chi connectivity index (χ2n) is 9.13. The lowest BCUT2D eigenvalue weighted by atomic mass is 9.63. The number of aliphatic hydroxyl groups excluding tert-OH is 1. The van der Waals surface area contributed by atoms with Crippen molar-refractivity contribution in [3.05, 3.63) is 0 Å². The van der Waals surface area contributed by atoms with Crippen molar-refractivity contribution < 1.29 is 14.6 Å². The molecule has 5 nitrogen and oxygen atoms in total. The van der Waals surface area contributed by atoms with Crippen molar-refractivity contribution >= 4 is 6.09 Å². The first kappa shape index (κ1) is 20.5. The molecule has 2 fully saturated rings. The smallest absolute Gasteiger partial charge is 0.410 e. The van der Waals surface area contributed by atoms with Gasteiger partial charge in [0.05, 0.1) is 6.61 Å². The Labute approximate surface area is 153 Å². The molecule has 0 aromatic rings. The topological polar surface area (TPSA) is 61.8 Å². The summed E-state index contributed by atoms with van der Waals surface area (Å²) in [5.74, 6) is 0.737. The number of amides is 1. The molecule has 0 radical (unpaired) electrons. The van der Waals surface area contributed by atoms with Crippen LogP contribution in [-0.2, 0) is 4.74 Å². The largest absolute Gasteiger partial charge is 0.444 e. The first-order chi connectivity index (χ1) is 11.8. The second-order valence-corrected chi connectivity index (χ2v) is 9.13. The molecule has 146 valence electrons. The Kier molecular flexibility index (Phi) is 7.15. The molecular weight excluding hydrogens is 316 g/mol. The van der Waals surface area contributed by atoms with Crippen molar-refractivity contribution in [3.8, 4) is 0 Å². The zero-order valence-corrected chi connectivity index (χ0v) is 16.6. The first-order valence-electron chi connectivity index (χ1n) is 10.1. The van der Waals surface area contributed by atoms with Crippen LogP contribution in [0.4, 0.5) is 4.79 Å². The Hall–Kier alpha value is -0.810. The summed E-state index contributed by atoms with van der Waals surface area (Å²) in [7, 11) is 0. The van der Waals surface area contributed by atoms with Crippen LogP contribution in [0.25, 0.3) is 0 Å². The fraction of sp³-hybridized carbons (Fsp3) is 0.950. The van der Waals surface area contributed by atoms with Crippen molar-refractivity contribution in [1.29, 1.82) is 0 Å². The SMILES string of the molecule is CC(CO)NCC1(C2CCCCC2)CCN(C(=O)OC(C)(C)C)CC1. The van der Waals surface area contributed by atoms with E-state index in [1.807, 2.05) is 32.6 Å². The minimum Gasteiger partial charge on any atom is -0.444 e. The Bertz CT molecular complexity index is 419. The van der Waals surface area contributed by atoms with E-state index >= 15 is 0 Å². The second kappa shape index (κ2) is 8.72. The summed E-state index contributed by atoms with van der Waals surface area (Å²) in [4.78, 5) is 14.2. The molecular formula is C20H38N2O3. The highest BCUT2D eigenvalue weighted by Crippen LogP contribution is 2.45. The van der Waals surface area contributed by atoms with Crippen LogP contribution in [0.5, 0.6) is 0 Å². The number of likely N-dealkylation sites (tertiary alicyclic amines) is 1. The minimum absolute atomic E-state index is 0.129. The number of nitrogens with zero attached hydrogens (tertiary/aromatic N) is 1. The third-order valence-corrected chi connectivity index (χ3v) is 5.96. The average Bonchev–Trinajstić information content (AvgIpc) is 2.59. The summed E-state index contributed by atoms with van der Waals surface area (Å²) < 4.78 is 5.54. The van der Waals surface area contributed by atoms with Gasteiger partial charge >= 0.3 is 6.09 Å². The highest BCUT2D eigenvalue weighted by atomic mass is 16.6. The lowest BCUT2D eigenvalue weighted by molar-refractivity contribution is -0.00688. The normalized spacial score (nSPS) is 23.3. The van der Waals surface area contributed by atoms with Crippen molar-refractivity contribution in [3.63, 3.8) is 0 Å². The summed E-state index contributed by atoms with van der Waals surface area (Å²) in [6, 6.07) is 0.129. The van der Waals surface area contributed by atoms with Crippen LogP contribution in [0.3, 0.4) is 0 Å². The van der Waals surface area contributed by atoms with Crippen LogP contribution in [0, 0.1) is 11.3 Å². The molecule has 25 heavy (non-hydrogen) atoms. The number of hydrogen-bond acceptors (Lipinski definition) is 4. The predicted octanol–water partition coefficient (Wildman–Crippen LogP) is 3.55. The Morgan fingerprint density at radius 1 is 1.24 bits per heavy atom. The molecule has 1 aliphatic heterocycles. The molecule has 0 aromatic heterocycles. The fourth-order valence-corrected chi connectivity index (χ4v) is 4.35. The van der Waals surface area contributed by atoms with E-state index in [-0.39, 0.29) is 24.2 Å². The van der Waals surface area contributed by atoms with Gasteiger partial charge in [-0.25, -0.2) is 4.79 Å². The van der Waals surface area contributed by atoms with Crippen molar-refractivity contribution in [2.24, 2.45) is 11.3 Å². The maximum atomic E-state index is 12.4. The van der Waals surface area contributed by atoms with Crippen molar-refractivity contribution in [2.75, 3.05) is 26.2 Å². The summed E-state index contributed by atoms with van der Waals surface area (Å²) in [6.07, 6.45) is 8.52. The predicted molar refractivity (Wildman–Crippen MR) is 101 cm³/mol. The summed E-state index contributed by atoms with van der Waals surface area (Å²) >= 11 is 0. The number of piperidine rings is 1. The van der Waals surface area contributed by atoms with Crippen LogP contribution in [-0.4, -0.2) is 54.0 Å². The molecule has 1 unspecified atom stereocenters. The number of rotatable bonds is 5. The van der Waals surface area contributed by atoms with E-state index in [0.29, 0.717) is 0 Å². The van der Waals surface area contributed by atoms with Gasteiger partial charge in [0.1, 0.15) is 5.60 Å². The van der Waals surface area contributed by atoms with E-state index < -0.39 is 5.60 Å². The molecule has 1 heterocycles. The van der Waals surface area contributed by atoms with Crippen molar-refractivity contribution in [1.82, 2.24) is 10.2 Å². The summed E-state index contributed by atoms with van der Waals surface area (Å²) in [6.45, 7) is 10.5. The summed E-state index contributed by atoms with van der Waals surface area (Å²) in [5.41, 5.74) is -0.185. The van der Waals surface area contributed by atoms with Gasteiger partial charge in [0.15, 0.2) is 0 Å². The van der Waals surface area contributed by atoms with Crippen molar-refractivity contribution in [2.45, 2.75) is 84.3 Å². The molecule has 1 atom stereocenters. The zero-order valence-electron chi connectivity index (χ0n) is 16.6. The van der Waals surface area contributed by atoms with Crippen LogP contribution < -0.4 is 5.32 Å². The van der Waals surface area contributed by atoms with E-state index in [1.54, 1.807) is 0 Å². The number of carbonyl (C=O) groups is 1. The molecule has 0 spiro atoms. The van der Waals surface area contributed by atoms with E-state index in [4.69, 9.17) is 4.74 Å². The van der Waals surface area contributed by atoms with Gasteiger partial charge in [-0.1, -0.05) is 19.3 Å². The maximum absolute atomic E-state index is 12.4. The van der Waals surface area contributed by atoms with Crippen LogP contribution in [0.2, 0.25) is 0 Å². The third kappa shape index (κ3) is 5.85. The van der Waals surface area contributed by atoms with E-state index in [2.05, 4.69) is 5.32 Å². The van der Waals surface area contributed by atoms with Gasteiger partial charge < -0.3 is 20.1 Å². The van der Waals surface area contributed by atoms with Gasteiger partial charge in [-0.15, -0.1) is 0 Å². The van der Waals surface area contributed by atoms with E-state index in [0.717, 1.165) is 38.4 Å². The summed E-state index contributed by atoms with van der Waals surface area (Å²) in [5, 5.41) is 12.9. The van der Waals surface area contributed by atoms with Gasteiger partial charge in [0.25, 0.3) is 0 Å². The van der Waals surface area contributed by atoms with Gasteiger partial charge in [0.2, 0.25) is 0 Å².